The molecule has 4 fully saturated rings. The van der Waals surface area contributed by atoms with Crippen molar-refractivity contribution in [3.8, 4) is 0 Å². The van der Waals surface area contributed by atoms with Gasteiger partial charge in [-0.05, 0) is 24.7 Å². The maximum Gasteiger partial charge on any atom is 0.320 e. The quantitative estimate of drug-likeness (QED) is 0.693. The molecule has 3 aliphatic heterocycles. The van der Waals surface area contributed by atoms with Crippen molar-refractivity contribution in [1.82, 2.24) is 14.7 Å². The molecule has 2 atom stereocenters. The fraction of sp³-hybridized carbons (Fsp3) is 0.857. The van der Waals surface area contributed by atoms with Crippen LogP contribution in [-0.4, -0.2) is 85.3 Å². The summed E-state index contributed by atoms with van der Waals surface area (Å²) >= 11 is 0. The predicted molar refractivity (Wildman–Crippen MR) is 78.9 cm³/mol. The summed E-state index contributed by atoms with van der Waals surface area (Å²) in [5, 5.41) is 0. The molecule has 3 heterocycles. The summed E-state index contributed by atoms with van der Waals surface area (Å²) in [7, 11) is -2.90. The van der Waals surface area contributed by atoms with Gasteiger partial charge < -0.3 is 14.7 Å². The third-order valence-electron chi connectivity index (χ3n) is 5.31. The van der Waals surface area contributed by atoms with Crippen molar-refractivity contribution < 1.29 is 18.0 Å². The lowest BCUT2D eigenvalue weighted by molar-refractivity contribution is -0.130. The summed E-state index contributed by atoms with van der Waals surface area (Å²) < 4.78 is 23.2. The van der Waals surface area contributed by atoms with Gasteiger partial charge in [0, 0.05) is 32.2 Å². The second-order valence-electron chi connectivity index (χ2n) is 7.02. The average Bonchev–Trinajstić information content (AvgIpc) is 3.02. The molecule has 0 spiro atoms. The Morgan fingerprint density at radius 2 is 1.73 bits per heavy atom. The van der Waals surface area contributed by atoms with E-state index in [2.05, 4.69) is 0 Å². The number of carbonyl (C=O) groups is 2. The molecule has 1 saturated carbocycles. The Labute approximate surface area is 130 Å². The molecular formula is C14H21N3O4S. The van der Waals surface area contributed by atoms with Crippen molar-refractivity contribution >= 4 is 21.8 Å². The molecule has 0 bridgehead atoms. The number of hydrogen-bond donors (Lipinski definition) is 0. The van der Waals surface area contributed by atoms with Gasteiger partial charge in [-0.1, -0.05) is 0 Å². The Morgan fingerprint density at radius 1 is 1.09 bits per heavy atom. The number of sulfone groups is 1. The molecule has 8 heteroatoms. The molecule has 3 saturated heterocycles. The van der Waals surface area contributed by atoms with E-state index in [1.165, 1.54) is 0 Å². The molecule has 4 aliphatic rings. The van der Waals surface area contributed by atoms with E-state index >= 15 is 0 Å². The lowest BCUT2D eigenvalue weighted by Gasteiger charge is -2.22. The van der Waals surface area contributed by atoms with Gasteiger partial charge in [-0.15, -0.1) is 0 Å². The minimum atomic E-state index is -2.90. The van der Waals surface area contributed by atoms with Gasteiger partial charge in [-0.2, -0.15) is 0 Å². The normalized spacial score (nSPS) is 33.6. The van der Waals surface area contributed by atoms with Crippen LogP contribution < -0.4 is 0 Å². The van der Waals surface area contributed by atoms with Crippen LogP contribution in [0.25, 0.3) is 0 Å². The maximum atomic E-state index is 12.4. The molecule has 3 amide bonds. The van der Waals surface area contributed by atoms with E-state index in [-0.39, 0.29) is 41.8 Å². The molecule has 1 aliphatic carbocycles. The zero-order chi connectivity index (χ0) is 15.5. The molecule has 122 valence electrons. The van der Waals surface area contributed by atoms with Crippen LogP contribution in [0.15, 0.2) is 0 Å². The van der Waals surface area contributed by atoms with Crippen LogP contribution >= 0.6 is 0 Å². The van der Waals surface area contributed by atoms with E-state index in [0.717, 1.165) is 19.4 Å². The number of hydrogen-bond acceptors (Lipinski definition) is 4. The standard InChI is InChI=1S/C14H21N3O4S/c18-13(7-15-3-4-17(14(15)19)12-1-2-12)16-5-10-8-22(20,21)9-11(10)6-16/h10-12H,1-9H2/t10-,11+. The largest absolute Gasteiger partial charge is 0.341 e. The van der Waals surface area contributed by atoms with E-state index in [4.69, 9.17) is 0 Å². The molecule has 0 N–H and O–H groups in total. The first-order valence-corrected chi connectivity index (χ1v) is 9.79. The number of likely N-dealkylation sites (tertiary alicyclic amines) is 1. The molecule has 0 aromatic carbocycles. The number of carbonyl (C=O) groups excluding carboxylic acids is 2. The summed E-state index contributed by atoms with van der Waals surface area (Å²) in [6.45, 7) is 2.53. The summed E-state index contributed by atoms with van der Waals surface area (Å²) in [5.41, 5.74) is 0. The maximum absolute atomic E-state index is 12.4. The number of urea groups is 1. The summed E-state index contributed by atoms with van der Waals surface area (Å²) in [4.78, 5) is 29.9. The summed E-state index contributed by atoms with van der Waals surface area (Å²) in [5.74, 6) is 0.550. The molecule has 0 aromatic rings. The van der Waals surface area contributed by atoms with Crippen LogP contribution in [0.2, 0.25) is 0 Å². The SMILES string of the molecule is O=C(CN1CCN(C2CC2)C1=O)N1C[C@@H]2CS(=O)(=O)C[C@@H]2C1. The number of amides is 3. The highest BCUT2D eigenvalue weighted by Gasteiger charge is 2.46. The third-order valence-corrected chi connectivity index (χ3v) is 7.18. The van der Waals surface area contributed by atoms with Crippen molar-refractivity contribution in [3.63, 3.8) is 0 Å². The van der Waals surface area contributed by atoms with E-state index in [1.54, 1.807) is 9.80 Å². The fourth-order valence-electron chi connectivity index (χ4n) is 3.98. The predicted octanol–water partition coefficient (Wildman–Crippen LogP) is -0.611. The van der Waals surface area contributed by atoms with Gasteiger partial charge in [0.1, 0.15) is 6.54 Å². The lowest BCUT2D eigenvalue weighted by Crippen LogP contribution is -2.42. The molecule has 0 unspecified atom stereocenters. The smallest absolute Gasteiger partial charge is 0.320 e. The van der Waals surface area contributed by atoms with E-state index in [9.17, 15) is 18.0 Å². The van der Waals surface area contributed by atoms with Crippen molar-refractivity contribution in [2.24, 2.45) is 11.8 Å². The van der Waals surface area contributed by atoms with Gasteiger partial charge in [-0.3, -0.25) is 4.79 Å². The highest BCUT2D eigenvalue weighted by molar-refractivity contribution is 7.91. The van der Waals surface area contributed by atoms with Gasteiger partial charge in [0.25, 0.3) is 0 Å². The Hall–Kier alpha value is -1.31. The molecule has 0 radical (unpaired) electrons. The molecule has 22 heavy (non-hydrogen) atoms. The van der Waals surface area contributed by atoms with E-state index < -0.39 is 9.84 Å². The minimum absolute atomic E-state index is 0.0159. The Balaban J connectivity index is 1.33. The Kier molecular flexibility index (Phi) is 3.15. The third kappa shape index (κ3) is 2.47. The van der Waals surface area contributed by atoms with Gasteiger partial charge in [0.2, 0.25) is 5.91 Å². The zero-order valence-electron chi connectivity index (χ0n) is 12.5. The second-order valence-corrected chi connectivity index (χ2v) is 9.18. The Morgan fingerprint density at radius 3 is 2.32 bits per heavy atom. The average molecular weight is 327 g/mol. The van der Waals surface area contributed by atoms with Crippen LogP contribution in [0.1, 0.15) is 12.8 Å². The first-order valence-electron chi connectivity index (χ1n) is 7.97. The van der Waals surface area contributed by atoms with Crippen LogP contribution in [0.5, 0.6) is 0 Å². The first kappa shape index (κ1) is 14.3. The van der Waals surface area contributed by atoms with Crippen LogP contribution in [0, 0.1) is 11.8 Å². The van der Waals surface area contributed by atoms with Crippen molar-refractivity contribution in [2.75, 3.05) is 44.2 Å². The van der Waals surface area contributed by atoms with Crippen LogP contribution in [-0.2, 0) is 14.6 Å². The number of rotatable bonds is 3. The van der Waals surface area contributed by atoms with E-state index in [1.807, 2.05) is 4.90 Å². The van der Waals surface area contributed by atoms with Crippen molar-refractivity contribution in [2.45, 2.75) is 18.9 Å². The van der Waals surface area contributed by atoms with E-state index in [0.29, 0.717) is 25.7 Å². The van der Waals surface area contributed by atoms with Gasteiger partial charge in [0.05, 0.1) is 11.5 Å². The minimum Gasteiger partial charge on any atom is -0.341 e. The molecule has 4 rings (SSSR count). The fourth-order valence-corrected chi connectivity index (χ4v) is 6.17. The first-order chi connectivity index (χ1) is 10.4. The molecule has 7 nitrogen and oxygen atoms in total. The van der Waals surface area contributed by atoms with Gasteiger partial charge >= 0.3 is 6.03 Å². The lowest BCUT2D eigenvalue weighted by atomic mass is 10.0. The van der Waals surface area contributed by atoms with Crippen LogP contribution in [0.3, 0.4) is 0 Å². The number of fused-ring (bicyclic) bond motifs is 1. The monoisotopic (exact) mass is 327 g/mol. The zero-order valence-corrected chi connectivity index (χ0v) is 13.3. The number of nitrogens with zero attached hydrogens (tertiary/aromatic N) is 3. The van der Waals surface area contributed by atoms with Gasteiger partial charge in [-0.25, -0.2) is 13.2 Å². The van der Waals surface area contributed by atoms with Crippen molar-refractivity contribution in [1.29, 1.82) is 0 Å². The highest BCUT2D eigenvalue weighted by Crippen LogP contribution is 2.33. The van der Waals surface area contributed by atoms with Gasteiger partial charge in [0.15, 0.2) is 9.84 Å². The second kappa shape index (κ2) is 4.84. The molecular weight excluding hydrogens is 306 g/mol. The Bertz CT molecular complexity index is 596. The van der Waals surface area contributed by atoms with Crippen molar-refractivity contribution in [3.05, 3.63) is 0 Å². The summed E-state index contributed by atoms with van der Waals surface area (Å²) in [6.07, 6.45) is 2.16. The summed E-state index contributed by atoms with van der Waals surface area (Å²) in [6, 6.07) is 0.377. The van der Waals surface area contributed by atoms with Crippen LogP contribution in [0.4, 0.5) is 4.79 Å². The molecule has 0 aromatic heterocycles. The highest BCUT2D eigenvalue weighted by atomic mass is 32.2. The topological polar surface area (TPSA) is 78.0 Å².